The van der Waals surface area contributed by atoms with Crippen LogP contribution in [-0.4, -0.2) is 47.2 Å². The maximum Gasteiger partial charge on any atom is 0.326 e. The Bertz CT molecular complexity index is 790. The van der Waals surface area contributed by atoms with Crippen molar-refractivity contribution in [3.05, 3.63) is 46.4 Å². The Morgan fingerprint density at radius 2 is 1.88 bits per heavy atom. The molecule has 4 rings (SSSR count). The van der Waals surface area contributed by atoms with Crippen LogP contribution in [0.5, 0.6) is 0 Å². The molecule has 1 saturated heterocycles. The van der Waals surface area contributed by atoms with Gasteiger partial charge in [-0.25, -0.2) is 4.79 Å². The van der Waals surface area contributed by atoms with E-state index in [0.717, 1.165) is 56.6 Å². The van der Waals surface area contributed by atoms with Gasteiger partial charge in [-0.1, -0.05) is 23.8 Å². The highest BCUT2D eigenvalue weighted by molar-refractivity contribution is 5.85. The second-order valence-electron chi connectivity index (χ2n) is 6.96. The average molecular weight is 399 g/mol. The number of para-hydroxylation sites is 2. The Kier molecular flexibility index (Phi) is 7.77. The van der Waals surface area contributed by atoms with Gasteiger partial charge in [-0.15, -0.1) is 24.8 Å². The van der Waals surface area contributed by atoms with E-state index in [1.807, 2.05) is 28.8 Å². The lowest BCUT2D eigenvalue weighted by Crippen LogP contribution is -2.37. The average Bonchev–Trinajstić information content (AvgIpc) is 2.97. The lowest BCUT2D eigenvalue weighted by molar-refractivity contribution is 0.188. The van der Waals surface area contributed by atoms with Crippen molar-refractivity contribution in [1.82, 2.24) is 19.8 Å². The zero-order chi connectivity index (χ0) is 16.4. The van der Waals surface area contributed by atoms with Gasteiger partial charge in [0, 0.05) is 32.2 Å². The van der Waals surface area contributed by atoms with E-state index in [2.05, 4.69) is 21.3 Å². The summed E-state index contributed by atoms with van der Waals surface area (Å²) in [4.78, 5) is 17.9. The van der Waals surface area contributed by atoms with Gasteiger partial charge in [-0.2, -0.15) is 0 Å². The van der Waals surface area contributed by atoms with E-state index in [0.29, 0.717) is 6.04 Å². The molecule has 7 heteroatoms. The molecular weight excluding hydrogens is 371 g/mol. The number of benzene rings is 1. The van der Waals surface area contributed by atoms with Crippen LogP contribution in [0, 0.1) is 0 Å². The summed E-state index contributed by atoms with van der Waals surface area (Å²) in [6, 6.07) is 8.33. The molecule has 2 aliphatic rings. The highest BCUT2D eigenvalue weighted by Gasteiger charge is 2.23. The number of nitrogens with one attached hydrogen (secondary N) is 2. The molecule has 1 fully saturated rings. The molecule has 1 aromatic carbocycles. The molecule has 0 amide bonds. The van der Waals surface area contributed by atoms with Crippen molar-refractivity contribution in [1.29, 1.82) is 0 Å². The number of imidazole rings is 1. The molecule has 3 heterocycles. The fraction of sp³-hybridized carbons (Fsp3) is 0.526. The van der Waals surface area contributed by atoms with E-state index >= 15 is 0 Å². The summed E-state index contributed by atoms with van der Waals surface area (Å²) in [7, 11) is 0. The topological polar surface area (TPSA) is 53.1 Å². The largest absolute Gasteiger partial charge is 0.326 e. The first-order valence-electron chi connectivity index (χ1n) is 9.11. The summed E-state index contributed by atoms with van der Waals surface area (Å²) in [6.45, 7) is 5.48. The molecule has 26 heavy (non-hydrogen) atoms. The van der Waals surface area contributed by atoms with Gasteiger partial charge in [0.25, 0.3) is 0 Å². The molecule has 0 spiro atoms. The minimum Gasteiger partial charge on any atom is -0.313 e. The van der Waals surface area contributed by atoms with Gasteiger partial charge in [0.05, 0.1) is 11.0 Å². The predicted molar refractivity (Wildman–Crippen MR) is 112 cm³/mol. The van der Waals surface area contributed by atoms with Crippen LogP contribution in [0.25, 0.3) is 11.0 Å². The Balaban J connectivity index is 0.00000121. The van der Waals surface area contributed by atoms with Crippen molar-refractivity contribution >= 4 is 35.8 Å². The van der Waals surface area contributed by atoms with Crippen molar-refractivity contribution in [2.75, 3.05) is 32.7 Å². The summed E-state index contributed by atoms with van der Waals surface area (Å²) < 4.78 is 1.97. The second-order valence-corrected chi connectivity index (χ2v) is 6.96. The first-order valence-corrected chi connectivity index (χ1v) is 9.11. The van der Waals surface area contributed by atoms with Crippen molar-refractivity contribution in [3.8, 4) is 0 Å². The van der Waals surface area contributed by atoms with E-state index in [-0.39, 0.29) is 30.5 Å². The molecule has 144 valence electrons. The summed E-state index contributed by atoms with van der Waals surface area (Å²) in [5.41, 5.74) is 3.63. The van der Waals surface area contributed by atoms with Gasteiger partial charge in [-0.05, 0) is 44.4 Å². The van der Waals surface area contributed by atoms with Gasteiger partial charge in [0.15, 0.2) is 0 Å². The quantitative estimate of drug-likeness (QED) is 0.777. The Hall–Kier alpha value is -1.27. The second kappa shape index (κ2) is 9.60. The van der Waals surface area contributed by atoms with Gasteiger partial charge in [0.2, 0.25) is 0 Å². The molecule has 0 bridgehead atoms. The zero-order valence-electron chi connectivity index (χ0n) is 14.9. The summed E-state index contributed by atoms with van der Waals surface area (Å²) in [5, 5.41) is 3.37. The smallest absolute Gasteiger partial charge is 0.313 e. The number of hydrogen-bond donors (Lipinski definition) is 2. The SMILES string of the molecule is Cl.Cl.O=c1[nH]c2ccccc2n1C1CCN(CCC2=CCNCC2)CC1. The molecule has 2 N–H and O–H groups in total. The minimum absolute atomic E-state index is 0. The minimum atomic E-state index is 0. The number of aromatic amines is 1. The number of rotatable bonds is 4. The zero-order valence-corrected chi connectivity index (χ0v) is 16.6. The number of aromatic nitrogens is 2. The van der Waals surface area contributed by atoms with Gasteiger partial charge in [-0.3, -0.25) is 4.57 Å². The van der Waals surface area contributed by atoms with Crippen LogP contribution >= 0.6 is 24.8 Å². The van der Waals surface area contributed by atoms with Crippen LogP contribution in [0.2, 0.25) is 0 Å². The predicted octanol–water partition coefficient (Wildman–Crippen LogP) is 3.12. The summed E-state index contributed by atoms with van der Waals surface area (Å²) in [5.74, 6) is 0. The van der Waals surface area contributed by atoms with Crippen LogP contribution in [0.15, 0.2) is 40.7 Å². The Morgan fingerprint density at radius 3 is 2.62 bits per heavy atom. The molecule has 0 atom stereocenters. The Labute approximate surface area is 166 Å². The number of halogens is 2. The van der Waals surface area contributed by atoms with E-state index in [1.165, 1.54) is 12.8 Å². The fourth-order valence-electron chi connectivity index (χ4n) is 4.04. The van der Waals surface area contributed by atoms with Crippen molar-refractivity contribution in [3.63, 3.8) is 0 Å². The maximum absolute atomic E-state index is 12.3. The third-order valence-electron chi connectivity index (χ3n) is 5.45. The van der Waals surface area contributed by atoms with E-state index in [1.54, 1.807) is 5.57 Å². The molecule has 1 aromatic heterocycles. The first-order chi connectivity index (χ1) is 11.8. The molecule has 2 aliphatic heterocycles. The third-order valence-corrected chi connectivity index (χ3v) is 5.45. The standard InChI is InChI=1S/C19H26N4O.2ClH/c24-19-21-17-3-1-2-4-18(17)23(19)16-8-13-22(14-9-16)12-7-15-5-10-20-11-6-15;;/h1-5,16,20H,6-14H2,(H,21,24);2*1H. The molecule has 5 nitrogen and oxygen atoms in total. The lowest BCUT2D eigenvalue weighted by atomic mass is 10.0. The van der Waals surface area contributed by atoms with E-state index in [4.69, 9.17) is 0 Å². The highest BCUT2D eigenvalue weighted by atomic mass is 35.5. The van der Waals surface area contributed by atoms with E-state index < -0.39 is 0 Å². The van der Waals surface area contributed by atoms with Crippen LogP contribution in [0.3, 0.4) is 0 Å². The lowest BCUT2D eigenvalue weighted by Gasteiger charge is -2.32. The normalized spacial score (nSPS) is 18.8. The first kappa shape index (κ1) is 21.0. The van der Waals surface area contributed by atoms with Crippen LogP contribution < -0.4 is 11.0 Å². The van der Waals surface area contributed by atoms with Crippen LogP contribution in [0.1, 0.15) is 31.7 Å². The summed E-state index contributed by atoms with van der Waals surface area (Å²) >= 11 is 0. The number of H-pyrrole nitrogens is 1. The number of likely N-dealkylation sites (tertiary alicyclic amines) is 1. The number of piperidine rings is 1. The Morgan fingerprint density at radius 1 is 1.12 bits per heavy atom. The molecule has 2 aromatic rings. The summed E-state index contributed by atoms with van der Waals surface area (Å²) in [6.07, 6.45) is 6.85. The number of fused-ring (bicyclic) bond motifs is 1. The molecule has 0 saturated carbocycles. The fourth-order valence-corrected chi connectivity index (χ4v) is 4.04. The van der Waals surface area contributed by atoms with Gasteiger partial charge < -0.3 is 15.2 Å². The molecule has 0 unspecified atom stereocenters. The van der Waals surface area contributed by atoms with Gasteiger partial charge in [0.1, 0.15) is 0 Å². The van der Waals surface area contributed by atoms with Crippen molar-refractivity contribution in [2.45, 2.75) is 31.7 Å². The number of nitrogens with zero attached hydrogens (tertiary/aromatic N) is 2. The molecule has 0 aliphatic carbocycles. The van der Waals surface area contributed by atoms with Crippen molar-refractivity contribution in [2.24, 2.45) is 0 Å². The van der Waals surface area contributed by atoms with Gasteiger partial charge >= 0.3 is 5.69 Å². The van der Waals surface area contributed by atoms with E-state index in [9.17, 15) is 4.79 Å². The monoisotopic (exact) mass is 398 g/mol. The molecule has 0 radical (unpaired) electrons. The van der Waals surface area contributed by atoms with Crippen molar-refractivity contribution < 1.29 is 0 Å². The van der Waals surface area contributed by atoms with Crippen LogP contribution in [0.4, 0.5) is 0 Å². The van der Waals surface area contributed by atoms with Crippen LogP contribution in [-0.2, 0) is 0 Å². The highest BCUT2D eigenvalue weighted by Crippen LogP contribution is 2.25. The number of hydrogen-bond acceptors (Lipinski definition) is 3. The molecular formula is C19H28Cl2N4O. The maximum atomic E-state index is 12.3. The third kappa shape index (κ3) is 4.52.